The summed E-state index contributed by atoms with van der Waals surface area (Å²) in [5, 5.41) is 12.0. The number of ether oxygens (including phenoxy) is 1. The van der Waals surface area contributed by atoms with E-state index in [2.05, 4.69) is 20.5 Å². The molecule has 3 heterocycles. The molecule has 1 aliphatic rings. The van der Waals surface area contributed by atoms with Crippen LogP contribution in [0.25, 0.3) is 28.3 Å². The topological polar surface area (TPSA) is 81.9 Å². The Morgan fingerprint density at radius 1 is 0.971 bits per heavy atom. The predicted molar refractivity (Wildman–Crippen MR) is 123 cm³/mol. The molecule has 2 unspecified atom stereocenters. The second kappa shape index (κ2) is 9.06. The molecule has 35 heavy (non-hydrogen) atoms. The van der Waals surface area contributed by atoms with Gasteiger partial charge in [0, 0.05) is 11.8 Å². The number of benzene rings is 2. The third-order valence-electron chi connectivity index (χ3n) is 5.85. The standard InChI is InChI=1S/C24H22F3N7O/c1-15-13-35-14-16(2)33(15)23-28-12-20(22-30-31-32-34(22)19-9-4-3-5-10-19)21(29-23)17-7-6-8-18(11-17)24(25,26)27/h3-12,15-16H,13-14H2,1-2H3. The molecular formula is C24H22F3N7O. The van der Waals surface area contributed by atoms with Crippen LogP contribution in [0.15, 0.2) is 60.8 Å². The van der Waals surface area contributed by atoms with Gasteiger partial charge in [0.05, 0.1) is 47.8 Å². The summed E-state index contributed by atoms with van der Waals surface area (Å²) in [7, 11) is 0. The number of anilines is 1. The Labute approximate surface area is 199 Å². The summed E-state index contributed by atoms with van der Waals surface area (Å²) in [6.07, 6.45) is -2.93. The second-order valence-electron chi connectivity index (χ2n) is 8.40. The number of aromatic nitrogens is 6. The lowest BCUT2D eigenvalue weighted by Crippen LogP contribution is -2.50. The number of tetrazole rings is 1. The summed E-state index contributed by atoms with van der Waals surface area (Å²) in [6, 6.07) is 14.3. The van der Waals surface area contributed by atoms with Gasteiger partial charge in [-0.25, -0.2) is 9.97 Å². The summed E-state index contributed by atoms with van der Waals surface area (Å²) < 4.78 is 47.7. The average Bonchev–Trinajstić information content (AvgIpc) is 3.34. The minimum absolute atomic E-state index is 0.00593. The minimum Gasteiger partial charge on any atom is -0.377 e. The van der Waals surface area contributed by atoms with Gasteiger partial charge in [0.2, 0.25) is 5.95 Å². The Bertz CT molecular complexity index is 1320. The van der Waals surface area contributed by atoms with E-state index in [1.807, 2.05) is 49.1 Å². The van der Waals surface area contributed by atoms with Crippen LogP contribution in [0.5, 0.6) is 0 Å². The Morgan fingerprint density at radius 3 is 2.43 bits per heavy atom. The van der Waals surface area contributed by atoms with Crippen LogP contribution in [-0.2, 0) is 10.9 Å². The van der Waals surface area contributed by atoms with Crippen molar-refractivity contribution < 1.29 is 17.9 Å². The van der Waals surface area contributed by atoms with E-state index >= 15 is 0 Å². The molecule has 180 valence electrons. The van der Waals surface area contributed by atoms with Gasteiger partial charge in [-0.1, -0.05) is 30.3 Å². The normalized spacial score (nSPS) is 18.6. The number of alkyl halides is 3. The average molecular weight is 481 g/mol. The fourth-order valence-corrected chi connectivity index (χ4v) is 4.22. The number of nitrogens with zero attached hydrogens (tertiary/aromatic N) is 7. The first-order valence-corrected chi connectivity index (χ1v) is 11.1. The van der Waals surface area contributed by atoms with Gasteiger partial charge >= 0.3 is 6.18 Å². The first kappa shape index (κ1) is 22.9. The summed E-state index contributed by atoms with van der Waals surface area (Å²) in [5.74, 6) is 0.724. The summed E-state index contributed by atoms with van der Waals surface area (Å²) >= 11 is 0. The molecule has 0 spiro atoms. The van der Waals surface area contributed by atoms with Crippen molar-refractivity contribution in [1.82, 2.24) is 30.2 Å². The number of para-hydroxylation sites is 1. The lowest BCUT2D eigenvalue weighted by atomic mass is 10.0. The van der Waals surface area contributed by atoms with E-state index in [-0.39, 0.29) is 17.6 Å². The number of hydrogen-bond donors (Lipinski definition) is 0. The maximum absolute atomic E-state index is 13.5. The van der Waals surface area contributed by atoms with Crippen molar-refractivity contribution in [1.29, 1.82) is 0 Å². The zero-order chi connectivity index (χ0) is 24.6. The summed E-state index contributed by atoms with van der Waals surface area (Å²) in [4.78, 5) is 11.4. The van der Waals surface area contributed by atoms with E-state index in [4.69, 9.17) is 9.72 Å². The van der Waals surface area contributed by atoms with Crippen LogP contribution in [0.2, 0.25) is 0 Å². The molecule has 11 heteroatoms. The van der Waals surface area contributed by atoms with Crippen molar-refractivity contribution in [3.05, 3.63) is 66.4 Å². The van der Waals surface area contributed by atoms with Gasteiger partial charge < -0.3 is 9.64 Å². The van der Waals surface area contributed by atoms with Gasteiger partial charge in [-0.05, 0) is 48.5 Å². The summed E-state index contributed by atoms with van der Waals surface area (Å²) in [6.45, 7) is 4.99. The first-order chi connectivity index (χ1) is 16.8. The molecule has 0 saturated carbocycles. The molecule has 8 nitrogen and oxygen atoms in total. The number of halogens is 3. The van der Waals surface area contributed by atoms with Crippen molar-refractivity contribution in [3.8, 4) is 28.3 Å². The van der Waals surface area contributed by atoms with E-state index < -0.39 is 11.7 Å². The van der Waals surface area contributed by atoms with Crippen LogP contribution in [0.4, 0.5) is 19.1 Å². The molecule has 0 amide bonds. The second-order valence-corrected chi connectivity index (χ2v) is 8.40. The van der Waals surface area contributed by atoms with Gasteiger partial charge in [0.1, 0.15) is 0 Å². The smallest absolute Gasteiger partial charge is 0.377 e. The highest BCUT2D eigenvalue weighted by molar-refractivity contribution is 5.78. The quantitative estimate of drug-likeness (QED) is 0.427. The van der Waals surface area contributed by atoms with E-state index in [1.165, 1.54) is 10.7 Å². The van der Waals surface area contributed by atoms with Gasteiger partial charge in [-0.15, -0.1) is 5.10 Å². The summed E-state index contributed by atoms with van der Waals surface area (Å²) in [5.41, 5.74) is 0.933. The Hall–Kier alpha value is -3.86. The highest BCUT2D eigenvalue weighted by Crippen LogP contribution is 2.36. The monoisotopic (exact) mass is 481 g/mol. The minimum atomic E-state index is -4.50. The molecule has 0 radical (unpaired) electrons. The Kier molecular flexibility index (Phi) is 5.93. The van der Waals surface area contributed by atoms with Crippen molar-refractivity contribution in [3.63, 3.8) is 0 Å². The van der Waals surface area contributed by atoms with Crippen molar-refractivity contribution >= 4 is 5.95 Å². The molecule has 1 saturated heterocycles. The van der Waals surface area contributed by atoms with Crippen LogP contribution in [-0.4, -0.2) is 55.5 Å². The lowest BCUT2D eigenvalue weighted by Gasteiger charge is -2.38. The van der Waals surface area contributed by atoms with E-state index in [0.717, 1.165) is 12.1 Å². The van der Waals surface area contributed by atoms with Crippen LogP contribution < -0.4 is 4.90 Å². The van der Waals surface area contributed by atoms with Crippen LogP contribution >= 0.6 is 0 Å². The fourth-order valence-electron chi connectivity index (χ4n) is 4.22. The molecule has 4 aromatic rings. The molecule has 2 aromatic carbocycles. The molecule has 2 atom stereocenters. The van der Waals surface area contributed by atoms with Crippen LogP contribution in [0, 0.1) is 0 Å². The molecular weight excluding hydrogens is 459 g/mol. The Morgan fingerprint density at radius 2 is 1.71 bits per heavy atom. The molecule has 5 rings (SSSR count). The van der Waals surface area contributed by atoms with E-state index in [1.54, 1.807) is 12.3 Å². The van der Waals surface area contributed by atoms with Gasteiger partial charge in [0.15, 0.2) is 5.82 Å². The van der Waals surface area contributed by atoms with Crippen LogP contribution in [0.1, 0.15) is 19.4 Å². The van der Waals surface area contributed by atoms with Gasteiger partial charge in [-0.2, -0.15) is 17.9 Å². The highest BCUT2D eigenvalue weighted by atomic mass is 19.4. The third-order valence-corrected chi connectivity index (χ3v) is 5.85. The molecule has 0 N–H and O–H groups in total. The Balaban J connectivity index is 1.70. The highest BCUT2D eigenvalue weighted by Gasteiger charge is 2.32. The molecule has 1 aliphatic heterocycles. The van der Waals surface area contributed by atoms with E-state index in [0.29, 0.717) is 41.9 Å². The number of hydrogen-bond acceptors (Lipinski definition) is 7. The number of morpholine rings is 1. The lowest BCUT2D eigenvalue weighted by molar-refractivity contribution is -0.137. The number of rotatable bonds is 4. The zero-order valence-electron chi connectivity index (χ0n) is 19.0. The maximum atomic E-state index is 13.5. The SMILES string of the molecule is CC1COCC(C)N1c1ncc(-c2nnnn2-c2ccccc2)c(-c2cccc(C(F)(F)F)c2)n1. The molecule has 0 bridgehead atoms. The van der Waals surface area contributed by atoms with Gasteiger partial charge in [-0.3, -0.25) is 0 Å². The zero-order valence-corrected chi connectivity index (χ0v) is 19.0. The molecule has 1 fully saturated rings. The van der Waals surface area contributed by atoms with Crippen LogP contribution in [0.3, 0.4) is 0 Å². The third kappa shape index (κ3) is 4.46. The van der Waals surface area contributed by atoms with E-state index in [9.17, 15) is 13.2 Å². The largest absolute Gasteiger partial charge is 0.416 e. The predicted octanol–water partition coefficient (Wildman–Crippen LogP) is 4.42. The van der Waals surface area contributed by atoms with Crippen molar-refractivity contribution in [2.45, 2.75) is 32.1 Å². The van der Waals surface area contributed by atoms with Gasteiger partial charge in [0.25, 0.3) is 0 Å². The maximum Gasteiger partial charge on any atom is 0.416 e. The fraction of sp³-hybridized carbons (Fsp3) is 0.292. The van der Waals surface area contributed by atoms with Crippen molar-refractivity contribution in [2.75, 3.05) is 18.1 Å². The molecule has 0 aliphatic carbocycles. The molecule has 2 aromatic heterocycles. The van der Waals surface area contributed by atoms with Crippen molar-refractivity contribution in [2.24, 2.45) is 0 Å². The first-order valence-electron chi connectivity index (χ1n) is 11.1.